The fraction of sp³-hybridized carbons (Fsp3) is 0.227. The Bertz CT molecular complexity index is 1070. The van der Waals surface area contributed by atoms with E-state index in [1.54, 1.807) is 12.1 Å². The zero-order chi connectivity index (χ0) is 22.5. The number of rotatable bonds is 7. The standard InChI is InChI=1S/C22H21BrN2O6/c1-13-5-4-6-14(7-13)12-31-20-16(23)8-15(10-18(20)29-2)9-17-21(27)25(22(28)24-17)11-19(26)30-3/h4-10H,11-12H2,1-3H3,(H,24,28)/b17-9+. The molecule has 2 aromatic carbocycles. The molecule has 1 heterocycles. The van der Waals surface area contributed by atoms with E-state index in [2.05, 4.69) is 26.0 Å². The third-order valence-electron chi connectivity index (χ3n) is 4.51. The molecule has 0 bridgehead atoms. The highest BCUT2D eigenvalue weighted by molar-refractivity contribution is 9.10. The van der Waals surface area contributed by atoms with Crippen LogP contribution in [0.15, 0.2) is 46.6 Å². The number of imide groups is 1. The third-order valence-corrected chi connectivity index (χ3v) is 5.09. The van der Waals surface area contributed by atoms with Crippen LogP contribution in [0.3, 0.4) is 0 Å². The van der Waals surface area contributed by atoms with Crippen molar-refractivity contribution < 1.29 is 28.6 Å². The molecule has 8 nitrogen and oxygen atoms in total. The van der Waals surface area contributed by atoms with E-state index >= 15 is 0 Å². The molecule has 0 unspecified atom stereocenters. The number of amides is 3. The summed E-state index contributed by atoms with van der Waals surface area (Å²) in [6, 6.07) is 10.7. The van der Waals surface area contributed by atoms with Gasteiger partial charge in [0.1, 0.15) is 18.8 Å². The van der Waals surface area contributed by atoms with Gasteiger partial charge in [-0.05, 0) is 52.2 Å². The molecule has 0 aliphatic carbocycles. The molecule has 162 valence electrons. The lowest BCUT2D eigenvalue weighted by atomic mass is 10.1. The number of carbonyl (C=O) groups excluding carboxylic acids is 3. The SMILES string of the molecule is COC(=O)CN1C(=O)N/C(=C/c2cc(Br)c(OCc3cccc(C)c3)c(OC)c2)C1=O. The number of nitrogens with zero attached hydrogens (tertiary/aromatic N) is 1. The molecule has 0 aromatic heterocycles. The maximum atomic E-state index is 12.5. The summed E-state index contributed by atoms with van der Waals surface area (Å²) in [5.74, 6) is -0.341. The van der Waals surface area contributed by atoms with Gasteiger partial charge in [0, 0.05) is 0 Å². The van der Waals surface area contributed by atoms with Crippen LogP contribution in [-0.2, 0) is 20.9 Å². The van der Waals surface area contributed by atoms with E-state index < -0.39 is 24.5 Å². The van der Waals surface area contributed by atoms with Crippen LogP contribution in [0.2, 0.25) is 0 Å². The molecular weight excluding hydrogens is 468 g/mol. The Morgan fingerprint density at radius 3 is 2.65 bits per heavy atom. The van der Waals surface area contributed by atoms with Crippen LogP contribution in [0, 0.1) is 6.92 Å². The minimum Gasteiger partial charge on any atom is -0.493 e. The van der Waals surface area contributed by atoms with Crippen molar-refractivity contribution in [2.24, 2.45) is 0 Å². The van der Waals surface area contributed by atoms with Gasteiger partial charge in [-0.2, -0.15) is 0 Å². The number of methoxy groups -OCH3 is 2. The average Bonchev–Trinajstić information content (AvgIpc) is 2.99. The van der Waals surface area contributed by atoms with E-state index in [4.69, 9.17) is 9.47 Å². The van der Waals surface area contributed by atoms with Crippen molar-refractivity contribution in [3.05, 3.63) is 63.3 Å². The minimum absolute atomic E-state index is 0.0382. The molecule has 0 saturated carbocycles. The number of nitrogens with one attached hydrogen (secondary N) is 1. The molecule has 0 spiro atoms. The second-order valence-corrected chi connectivity index (χ2v) is 7.62. The molecule has 3 rings (SSSR count). The van der Waals surface area contributed by atoms with Gasteiger partial charge in [-0.25, -0.2) is 9.69 Å². The molecule has 1 aliphatic heterocycles. The molecule has 1 aliphatic rings. The molecule has 1 saturated heterocycles. The minimum atomic E-state index is -0.690. The maximum absolute atomic E-state index is 12.5. The lowest BCUT2D eigenvalue weighted by molar-refractivity contribution is -0.143. The van der Waals surface area contributed by atoms with Gasteiger partial charge in [-0.15, -0.1) is 0 Å². The fourth-order valence-corrected chi connectivity index (χ4v) is 3.57. The summed E-state index contributed by atoms with van der Waals surface area (Å²) in [7, 11) is 2.70. The smallest absolute Gasteiger partial charge is 0.329 e. The largest absolute Gasteiger partial charge is 0.493 e. The number of esters is 1. The van der Waals surface area contributed by atoms with Crippen LogP contribution in [0.1, 0.15) is 16.7 Å². The van der Waals surface area contributed by atoms with Crippen molar-refractivity contribution in [2.75, 3.05) is 20.8 Å². The second kappa shape index (κ2) is 9.65. The summed E-state index contributed by atoms with van der Waals surface area (Å²) in [5, 5.41) is 2.46. The predicted molar refractivity (Wildman–Crippen MR) is 116 cm³/mol. The molecule has 31 heavy (non-hydrogen) atoms. The highest BCUT2D eigenvalue weighted by atomic mass is 79.9. The van der Waals surface area contributed by atoms with Gasteiger partial charge < -0.3 is 19.5 Å². The number of benzene rings is 2. The molecule has 2 aromatic rings. The first kappa shape index (κ1) is 22.4. The first-order valence-electron chi connectivity index (χ1n) is 9.29. The Labute approximate surface area is 187 Å². The summed E-state index contributed by atoms with van der Waals surface area (Å²) in [6.07, 6.45) is 1.50. The average molecular weight is 489 g/mol. The summed E-state index contributed by atoms with van der Waals surface area (Å²) in [6.45, 7) is 1.91. The Hall–Kier alpha value is -3.33. The summed E-state index contributed by atoms with van der Waals surface area (Å²) < 4.78 is 16.5. The van der Waals surface area contributed by atoms with E-state index in [0.717, 1.165) is 16.0 Å². The molecule has 0 atom stereocenters. The first-order chi connectivity index (χ1) is 14.8. The van der Waals surface area contributed by atoms with E-state index in [1.807, 2.05) is 31.2 Å². The van der Waals surface area contributed by atoms with E-state index in [1.165, 1.54) is 20.3 Å². The quantitative estimate of drug-likeness (QED) is 0.364. The fourth-order valence-electron chi connectivity index (χ4n) is 3.00. The van der Waals surface area contributed by atoms with Gasteiger partial charge in [0.15, 0.2) is 11.5 Å². The van der Waals surface area contributed by atoms with Crippen molar-refractivity contribution in [1.82, 2.24) is 10.2 Å². The summed E-state index contributed by atoms with van der Waals surface area (Å²) in [4.78, 5) is 36.7. The van der Waals surface area contributed by atoms with E-state index in [9.17, 15) is 14.4 Å². The number of hydrogen-bond donors (Lipinski definition) is 1. The first-order valence-corrected chi connectivity index (χ1v) is 10.1. The molecule has 1 N–H and O–H groups in total. The van der Waals surface area contributed by atoms with Crippen molar-refractivity contribution in [1.29, 1.82) is 0 Å². The van der Waals surface area contributed by atoms with Crippen molar-refractivity contribution >= 4 is 39.9 Å². The summed E-state index contributed by atoms with van der Waals surface area (Å²) >= 11 is 3.48. The van der Waals surface area contributed by atoms with Gasteiger partial charge in [-0.3, -0.25) is 9.59 Å². The lowest BCUT2D eigenvalue weighted by Crippen LogP contribution is -2.36. The van der Waals surface area contributed by atoms with Crippen LogP contribution in [0.25, 0.3) is 6.08 Å². The molecule has 0 radical (unpaired) electrons. The van der Waals surface area contributed by atoms with Gasteiger partial charge in [-0.1, -0.05) is 29.8 Å². The Balaban J connectivity index is 1.81. The predicted octanol–water partition coefficient (Wildman–Crippen LogP) is 3.41. The van der Waals surface area contributed by atoms with Gasteiger partial charge in [0.05, 0.1) is 18.7 Å². The van der Waals surface area contributed by atoms with E-state index in [0.29, 0.717) is 28.1 Å². The van der Waals surface area contributed by atoms with Crippen molar-refractivity contribution in [3.63, 3.8) is 0 Å². The van der Waals surface area contributed by atoms with E-state index in [-0.39, 0.29) is 5.70 Å². The Kier molecular flexibility index (Phi) is 6.96. The third kappa shape index (κ3) is 5.24. The van der Waals surface area contributed by atoms with Crippen LogP contribution in [0.5, 0.6) is 11.5 Å². The molecular formula is C22H21BrN2O6. The van der Waals surface area contributed by atoms with Gasteiger partial charge >= 0.3 is 12.0 Å². The number of hydrogen-bond acceptors (Lipinski definition) is 6. The van der Waals surface area contributed by atoms with Gasteiger partial charge in [0.25, 0.3) is 5.91 Å². The zero-order valence-electron chi connectivity index (χ0n) is 17.2. The zero-order valence-corrected chi connectivity index (χ0v) is 18.8. The van der Waals surface area contributed by atoms with Crippen LogP contribution >= 0.6 is 15.9 Å². The lowest BCUT2D eigenvalue weighted by Gasteiger charge is -2.14. The molecule has 1 fully saturated rings. The Morgan fingerprint density at radius 2 is 1.97 bits per heavy atom. The number of carbonyl (C=O) groups is 3. The molecule has 3 amide bonds. The second-order valence-electron chi connectivity index (χ2n) is 6.77. The maximum Gasteiger partial charge on any atom is 0.329 e. The summed E-state index contributed by atoms with van der Waals surface area (Å²) in [5.41, 5.74) is 2.79. The van der Waals surface area contributed by atoms with Crippen LogP contribution in [0.4, 0.5) is 4.79 Å². The number of halogens is 1. The highest BCUT2D eigenvalue weighted by Gasteiger charge is 2.35. The molecule has 9 heteroatoms. The number of aryl methyl sites for hydroxylation is 1. The topological polar surface area (TPSA) is 94.2 Å². The van der Waals surface area contributed by atoms with Crippen molar-refractivity contribution in [2.45, 2.75) is 13.5 Å². The van der Waals surface area contributed by atoms with Crippen molar-refractivity contribution in [3.8, 4) is 11.5 Å². The van der Waals surface area contributed by atoms with Crippen LogP contribution < -0.4 is 14.8 Å². The Morgan fingerprint density at radius 1 is 1.19 bits per heavy atom. The van der Waals surface area contributed by atoms with Crippen LogP contribution in [-0.4, -0.2) is 43.6 Å². The number of urea groups is 1. The van der Waals surface area contributed by atoms with Gasteiger partial charge in [0.2, 0.25) is 0 Å². The highest BCUT2D eigenvalue weighted by Crippen LogP contribution is 2.38. The normalized spacial score (nSPS) is 14.6. The number of ether oxygens (including phenoxy) is 3. The monoisotopic (exact) mass is 488 g/mol.